The molecule has 184 valence electrons. The summed E-state index contributed by atoms with van der Waals surface area (Å²) < 4.78 is 11.5. The summed E-state index contributed by atoms with van der Waals surface area (Å²) in [5, 5.41) is 3.88. The second-order valence-corrected chi connectivity index (χ2v) is 9.19. The summed E-state index contributed by atoms with van der Waals surface area (Å²) in [7, 11) is 3.71. The molecule has 1 atom stereocenters. The van der Waals surface area contributed by atoms with E-state index < -0.39 is 0 Å². The van der Waals surface area contributed by atoms with Crippen molar-refractivity contribution in [3.8, 4) is 11.5 Å². The maximum atomic E-state index is 13.3. The molecule has 6 nitrogen and oxygen atoms in total. The number of amides is 1. The molecule has 0 aliphatic carbocycles. The molecule has 1 amide bonds. The van der Waals surface area contributed by atoms with Crippen LogP contribution in [0.1, 0.15) is 27.5 Å². The van der Waals surface area contributed by atoms with Crippen molar-refractivity contribution < 1.29 is 14.3 Å². The highest BCUT2D eigenvalue weighted by molar-refractivity contribution is 6.31. The Labute approximate surface area is 212 Å². The van der Waals surface area contributed by atoms with Gasteiger partial charge < -0.3 is 19.7 Å². The predicted octanol–water partition coefficient (Wildman–Crippen LogP) is 4.65. The van der Waals surface area contributed by atoms with E-state index in [4.69, 9.17) is 21.1 Å². The Kier molecular flexibility index (Phi) is 8.64. The van der Waals surface area contributed by atoms with Gasteiger partial charge >= 0.3 is 0 Å². The number of methoxy groups -OCH3 is 1. The van der Waals surface area contributed by atoms with Crippen LogP contribution in [0.5, 0.6) is 11.5 Å². The first-order valence-corrected chi connectivity index (χ1v) is 12.2. The zero-order valence-corrected chi connectivity index (χ0v) is 21.0. The summed E-state index contributed by atoms with van der Waals surface area (Å²) >= 11 is 6.24. The molecule has 3 aromatic carbocycles. The highest BCUT2D eigenvalue weighted by Crippen LogP contribution is 2.30. The van der Waals surface area contributed by atoms with E-state index in [9.17, 15) is 4.79 Å². The molecule has 1 N–H and O–H groups in total. The van der Waals surface area contributed by atoms with E-state index in [1.807, 2.05) is 42.5 Å². The summed E-state index contributed by atoms with van der Waals surface area (Å²) in [5.41, 5.74) is 2.49. The monoisotopic (exact) mass is 493 g/mol. The average molecular weight is 494 g/mol. The fourth-order valence-electron chi connectivity index (χ4n) is 4.15. The van der Waals surface area contributed by atoms with Crippen LogP contribution in [0.4, 0.5) is 0 Å². The number of halogens is 1. The normalized spacial score (nSPS) is 15.4. The van der Waals surface area contributed by atoms with Crippen LogP contribution < -0.4 is 14.8 Å². The molecule has 0 bridgehead atoms. The number of likely N-dealkylation sites (N-methyl/N-ethyl adjacent to an activating group) is 1. The molecule has 0 saturated carbocycles. The van der Waals surface area contributed by atoms with Crippen molar-refractivity contribution in [3.05, 3.63) is 94.5 Å². The van der Waals surface area contributed by atoms with Crippen LogP contribution in [0.15, 0.2) is 72.8 Å². The number of rotatable bonds is 9. The number of nitrogens with one attached hydrogen (secondary N) is 1. The Balaban J connectivity index is 1.46. The highest BCUT2D eigenvalue weighted by atomic mass is 35.5. The number of carbonyl (C=O) groups is 1. The minimum atomic E-state index is -0.149. The topological polar surface area (TPSA) is 54.0 Å². The molecule has 0 radical (unpaired) electrons. The van der Waals surface area contributed by atoms with Gasteiger partial charge in [0.2, 0.25) is 0 Å². The number of ether oxygens (including phenoxy) is 2. The van der Waals surface area contributed by atoms with Gasteiger partial charge in [0.1, 0.15) is 6.61 Å². The van der Waals surface area contributed by atoms with Gasteiger partial charge in [0.25, 0.3) is 5.91 Å². The van der Waals surface area contributed by atoms with Gasteiger partial charge in [-0.3, -0.25) is 9.69 Å². The van der Waals surface area contributed by atoms with Crippen LogP contribution >= 0.6 is 11.6 Å². The van der Waals surface area contributed by atoms with Crippen molar-refractivity contribution in [2.45, 2.75) is 12.6 Å². The van der Waals surface area contributed by atoms with Gasteiger partial charge in [0, 0.05) is 48.9 Å². The molecule has 1 aliphatic rings. The SMILES string of the molecule is COc1cc(C(=O)NC(CN2CCN(C)CC2)c2ccccc2)ccc1OCc1ccccc1Cl. The van der Waals surface area contributed by atoms with Crippen LogP contribution in [0.25, 0.3) is 0 Å². The summed E-state index contributed by atoms with van der Waals surface area (Å²) in [6.45, 7) is 5.11. The molecule has 0 spiro atoms. The van der Waals surface area contributed by atoms with E-state index >= 15 is 0 Å². The minimum Gasteiger partial charge on any atom is -0.493 e. The van der Waals surface area contributed by atoms with Crippen molar-refractivity contribution in [2.24, 2.45) is 0 Å². The van der Waals surface area contributed by atoms with Gasteiger partial charge in [0.15, 0.2) is 11.5 Å². The van der Waals surface area contributed by atoms with E-state index in [0.29, 0.717) is 28.7 Å². The van der Waals surface area contributed by atoms with Crippen molar-refractivity contribution in [1.29, 1.82) is 0 Å². The number of nitrogens with zero attached hydrogens (tertiary/aromatic N) is 2. The third-order valence-electron chi connectivity index (χ3n) is 6.31. The second kappa shape index (κ2) is 12.1. The lowest BCUT2D eigenvalue weighted by molar-refractivity contribution is 0.0907. The van der Waals surface area contributed by atoms with Crippen molar-refractivity contribution in [2.75, 3.05) is 46.9 Å². The molecule has 3 aromatic rings. The average Bonchev–Trinajstić information content (AvgIpc) is 2.89. The summed E-state index contributed by atoms with van der Waals surface area (Å²) in [5.74, 6) is 0.907. The first-order chi connectivity index (χ1) is 17.0. The Morgan fingerprint density at radius 2 is 1.69 bits per heavy atom. The van der Waals surface area contributed by atoms with E-state index in [1.54, 1.807) is 25.3 Å². The molecule has 0 aromatic heterocycles. The smallest absolute Gasteiger partial charge is 0.251 e. The Morgan fingerprint density at radius 1 is 0.971 bits per heavy atom. The number of benzene rings is 3. The number of carbonyl (C=O) groups excluding carboxylic acids is 1. The lowest BCUT2D eigenvalue weighted by Crippen LogP contribution is -2.47. The molecule has 7 heteroatoms. The molecular weight excluding hydrogens is 462 g/mol. The molecule has 1 fully saturated rings. The van der Waals surface area contributed by atoms with Crippen molar-refractivity contribution >= 4 is 17.5 Å². The van der Waals surface area contributed by atoms with E-state index in [1.165, 1.54) is 0 Å². The molecule has 1 aliphatic heterocycles. The largest absolute Gasteiger partial charge is 0.493 e. The zero-order valence-electron chi connectivity index (χ0n) is 20.2. The Hall–Kier alpha value is -3.06. The Bertz CT molecular complexity index is 1120. The number of hydrogen-bond donors (Lipinski definition) is 1. The molecule has 4 rings (SSSR count). The third-order valence-corrected chi connectivity index (χ3v) is 6.68. The van der Waals surface area contributed by atoms with Gasteiger partial charge in [0.05, 0.1) is 13.2 Å². The highest BCUT2D eigenvalue weighted by Gasteiger charge is 2.22. The molecule has 35 heavy (non-hydrogen) atoms. The summed E-state index contributed by atoms with van der Waals surface area (Å²) in [6.07, 6.45) is 0. The summed E-state index contributed by atoms with van der Waals surface area (Å²) in [6, 6.07) is 22.8. The van der Waals surface area contributed by atoms with Crippen LogP contribution in [-0.2, 0) is 6.61 Å². The first-order valence-electron chi connectivity index (χ1n) is 11.8. The van der Waals surface area contributed by atoms with Gasteiger partial charge in [-0.25, -0.2) is 0 Å². The van der Waals surface area contributed by atoms with Gasteiger partial charge in [-0.2, -0.15) is 0 Å². The quantitative estimate of drug-likeness (QED) is 0.470. The first kappa shape index (κ1) is 25.0. The number of piperazine rings is 1. The maximum Gasteiger partial charge on any atom is 0.251 e. The van der Waals surface area contributed by atoms with E-state index in [0.717, 1.165) is 43.9 Å². The van der Waals surface area contributed by atoms with E-state index in [2.05, 4.69) is 34.3 Å². The van der Waals surface area contributed by atoms with Crippen molar-refractivity contribution in [1.82, 2.24) is 15.1 Å². The van der Waals surface area contributed by atoms with E-state index in [-0.39, 0.29) is 11.9 Å². The maximum absolute atomic E-state index is 13.3. The zero-order chi connectivity index (χ0) is 24.6. The van der Waals surface area contributed by atoms with Crippen LogP contribution in [0.3, 0.4) is 0 Å². The lowest BCUT2D eigenvalue weighted by Gasteiger charge is -2.35. The fourth-order valence-corrected chi connectivity index (χ4v) is 4.34. The third kappa shape index (κ3) is 6.75. The standard InChI is InChI=1S/C28H32ClN3O3/c1-31-14-16-32(17-15-31)19-25(21-8-4-3-5-9-21)30-28(33)22-12-13-26(27(18-22)34-2)35-20-23-10-6-7-11-24(23)29/h3-13,18,25H,14-17,19-20H2,1-2H3,(H,30,33). The fraction of sp³-hybridized carbons (Fsp3) is 0.321. The van der Waals surface area contributed by atoms with Crippen molar-refractivity contribution in [3.63, 3.8) is 0 Å². The molecule has 1 heterocycles. The van der Waals surface area contributed by atoms with Crippen LogP contribution in [0.2, 0.25) is 5.02 Å². The molecule has 1 unspecified atom stereocenters. The lowest BCUT2D eigenvalue weighted by atomic mass is 10.0. The molecule has 1 saturated heterocycles. The Morgan fingerprint density at radius 3 is 2.40 bits per heavy atom. The predicted molar refractivity (Wildman–Crippen MR) is 139 cm³/mol. The van der Waals surface area contributed by atoms with Gasteiger partial charge in [-0.05, 0) is 36.9 Å². The summed E-state index contributed by atoms with van der Waals surface area (Å²) in [4.78, 5) is 18.0. The number of hydrogen-bond acceptors (Lipinski definition) is 5. The molecular formula is C28H32ClN3O3. The minimum absolute atomic E-state index is 0.116. The van der Waals surface area contributed by atoms with Crippen LogP contribution in [0, 0.1) is 0 Å². The van der Waals surface area contributed by atoms with Gasteiger partial charge in [-0.1, -0.05) is 60.1 Å². The van der Waals surface area contributed by atoms with Crippen LogP contribution in [-0.4, -0.2) is 62.6 Å². The second-order valence-electron chi connectivity index (χ2n) is 8.79. The van der Waals surface area contributed by atoms with Gasteiger partial charge in [-0.15, -0.1) is 0 Å².